The van der Waals surface area contributed by atoms with Crippen LogP contribution in [0.1, 0.15) is 89.7 Å². The van der Waals surface area contributed by atoms with Gasteiger partial charge in [0.25, 0.3) is 0 Å². The third kappa shape index (κ3) is 6.24. The van der Waals surface area contributed by atoms with Gasteiger partial charge in [0.15, 0.2) is 0 Å². The largest absolute Gasteiger partial charge is 0.444 e. The number of hydrogen-bond acceptors (Lipinski definition) is 7. The van der Waals surface area contributed by atoms with E-state index in [1.165, 1.54) is 5.56 Å². The van der Waals surface area contributed by atoms with Crippen molar-refractivity contribution in [2.75, 3.05) is 26.2 Å². The quantitative estimate of drug-likeness (QED) is 0.527. The number of imide groups is 1. The van der Waals surface area contributed by atoms with E-state index in [1.807, 2.05) is 26.8 Å². The minimum absolute atomic E-state index is 0.214. The average Bonchev–Trinajstić information content (AvgIpc) is 3.19. The maximum absolute atomic E-state index is 13.1. The predicted molar refractivity (Wildman–Crippen MR) is 161 cm³/mol. The fraction of sp³-hybridized carbons (Fsp3) is 0.688. The molecule has 43 heavy (non-hydrogen) atoms. The fourth-order valence-electron chi connectivity index (χ4n) is 7.18. The zero-order valence-corrected chi connectivity index (χ0v) is 25.8. The number of nitrogens with one attached hydrogen (secondary N) is 1. The number of carbonyl (C=O) groups is 3. The van der Waals surface area contributed by atoms with Gasteiger partial charge in [0.2, 0.25) is 11.8 Å². The Balaban J connectivity index is 0.981. The van der Waals surface area contributed by atoms with Gasteiger partial charge in [-0.2, -0.15) is 0 Å². The second-order valence-electron chi connectivity index (χ2n) is 13.8. The van der Waals surface area contributed by atoms with E-state index >= 15 is 0 Å². The maximum Gasteiger partial charge on any atom is 0.410 e. The molecule has 3 amide bonds. The van der Waals surface area contributed by atoms with Crippen LogP contribution in [0.4, 0.5) is 4.79 Å². The molecular formula is C32H45N5O6. The van der Waals surface area contributed by atoms with E-state index in [1.54, 1.807) is 21.1 Å². The smallest absolute Gasteiger partial charge is 0.410 e. The minimum Gasteiger partial charge on any atom is -0.444 e. The van der Waals surface area contributed by atoms with E-state index < -0.39 is 17.6 Å². The number of imidazole rings is 1. The van der Waals surface area contributed by atoms with Crippen LogP contribution in [-0.2, 0) is 26.1 Å². The molecule has 1 unspecified atom stereocenters. The van der Waals surface area contributed by atoms with Crippen molar-refractivity contribution in [3.05, 3.63) is 34.2 Å². The van der Waals surface area contributed by atoms with E-state index in [2.05, 4.69) is 22.3 Å². The second kappa shape index (κ2) is 11.7. The van der Waals surface area contributed by atoms with E-state index in [4.69, 9.17) is 9.47 Å². The van der Waals surface area contributed by atoms with Gasteiger partial charge in [0.05, 0.1) is 23.2 Å². The highest BCUT2D eigenvalue weighted by Crippen LogP contribution is 2.37. The third-order valence-electron chi connectivity index (χ3n) is 9.70. The number of piperidine rings is 3. The Bertz CT molecular complexity index is 1430. The normalized spacial score (nSPS) is 26.4. The van der Waals surface area contributed by atoms with Crippen LogP contribution in [0.2, 0.25) is 0 Å². The summed E-state index contributed by atoms with van der Waals surface area (Å²) >= 11 is 0. The minimum atomic E-state index is -0.664. The number of fused-ring (bicyclic) bond motifs is 1. The first-order chi connectivity index (χ1) is 20.5. The van der Waals surface area contributed by atoms with Crippen LogP contribution >= 0.6 is 0 Å². The van der Waals surface area contributed by atoms with Gasteiger partial charge in [-0.05, 0) is 102 Å². The molecule has 0 spiro atoms. The van der Waals surface area contributed by atoms with Crippen LogP contribution in [0.3, 0.4) is 0 Å². The van der Waals surface area contributed by atoms with E-state index in [-0.39, 0.29) is 30.2 Å². The summed E-state index contributed by atoms with van der Waals surface area (Å²) < 4.78 is 15.1. The Hall–Kier alpha value is -3.18. The lowest BCUT2D eigenvalue weighted by Gasteiger charge is -2.47. The lowest BCUT2D eigenvalue weighted by Crippen LogP contribution is -2.52. The molecule has 0 bridgehead atoms. The first-order valence-corrected chi connectivity index (χ1v) is 15.9. The van der Waals surface area contributed by atoms with Crippen molar-refractivity contribution in [1.82, 2.24) is 24.3 Å². The highest BCUT2D eigenvalue weighted by molar-refractivity contribution is 6.00. The van der Waals surface area contributed by atoms with Crippen molar-refractivity contribution < 1.29 is 23.9 Å². The number of likely N-dealkylation sites (tertiary alicyclic amines) is 2. The molecule has 1 atom stereocenters. The number of aromatic nitrogens is 2. The lowest BCUT2D eigenvalue weighted by molar-refractivity contribution is -0.135. The Labute approximate surface area is 252 Å². The van der Waals surface area contributed by atoms with Gasteiger partial charge >= 0.3 is 11.8 Å². The maximum atomic E-state index is 13.1. The second-order valence-corrected chi connectivity index (χ2v) is 13.8. The topological polar surface area (TPSA) is 115 Å². The summed E-state index contributed by atoms with van der Waals surface area (Å²) in [6.45, 7) is 9.15. The van der Waals surface area contributed by atoms with E-state index in [0.717, 1.165) is 62.6 Å². The van der Waals surface area contributed by atoms with Crippen molar-refractivity contribution in [3.63, 3.8) is 0 Å². The van der Waals surface area contributed by atoms with E-state index in [0.29, 0.717) is 37.6 Å². The zero-order valence-electron chi connectivity index (χ0n) is 25.8. The molecule has 1 N–H and O–H groups in total. The number of aryl methyl sites for hydroxylation is 1. The van der Waals surface area contributed by atoms with Crippen molar-refractivity contribution in [1.29, 1.82) is 0 Å². The number of ether oxygens (including phenoxy) is 2. The molecule has 11 heteroatoms. The number of carbonyl (C=O) groups excluding carboxylic acids is 3. The standard InChI is InChI=1S/C32H45N5O6/c1-32(2,3)43-31(41)36-15-11-23(12-16-36)42-24-18-22(19-24)35-13-9-20(10-14-35)21-5-6-25-27(17-21)34(4)30(40)37(25)26-7-8-28(38)33-29(26)39/h5-6,17,20,22-24,26H,7-16,18-19H2,1-4H3,(H,33,38,39). The molecule has 1 saturated carbocycles. The van der Waals surface area contributed by atoms with Crippen molar-refractivity contribution >= 4 is 28.9 Å². The van der Waals surface area contributed by atoms with Crippen LogP contribution in [-0.4, -0.2) is 86.9 Å². The third-order valence-corrected chi connectivity index (χ3v) is 9.70. The summed E-state index contributed by atoms with van der Waals surface area (Å²) in [7, 11) is 1.75. The lowest BCUT2D eigenvalue weighted by atomic mass is 9.83. The number of benzene rings is 1. The molecule has 1 aromatic carbocycles. The van der Waals surface area contributed by atoms with Crippen LogP contribution < -0.4 is 11.0 Å². The Morgan fingerprint density at radius 2 is 1.60 bits per heavy atom. The molecule has 3 aliphatic heterocycles. The first-order valence-electron chi connectivity index (χ1n) is 15.9. The van der Waals surface area contributed by atoms with Crippen LogP contribution in [0.25, 0.3) is 11.0 Å². The number of nitrogens with zero attached hydrogens (tertiary/aromatic N) is 4. The fourth-order valence-corrected chi connectivity index (χ4v) is 7.18. The highest BCUT2D eigenvalue weighted by Gasteiger charge is 2.38. The molecule has 4 heterocycles. The summed E-state index contributed by atoms with van der Waals surface area (Å²) in [6.07, 6.45) is 6.85. The monoisotopic (exact) mass is 595 g/mol. The molecule has 3 saturated heterocycles. The number of rotatable bonds is 5. The Morgan fingerprint density at radius 3 is 2.26 bits per heavy atom. The van der Waals surface area contributed by atoms with Gasteiger partial charge in [-0.15, -0.1) is 0 Å². The summed E-state index contributed by atoms with van der Waals surface area (Å²) in [6, 6.07) is 6.09. The van der Waals surface area contributed by atoms with Crippen LogP contribution in [0.5, 0.6) is 0 Å². The average molecular weight is 596 g/mol. The molecule has 1 aromatic heterocycles. The van der Waals surface area contributed by atoms with Gasteiger partial charge in [-0.3, -0.25) is 24.0 Å². The van der Waals surface area contributed by atoms with Crippen LogP contribution in [0, 0.1) is 0 Å². The van der Waals surface area contributed by atoms with Gasteiger partial charge in [0, 0.05) is 32.6 Å². The van der Waals surface area contributed by atoms with Gasteiger partial charge < -0.3 is 19.3 Å². The van der Waals surface area contributed by atoms with E-state index in [9.17, 15) is 19.2 Å². The zero-order chi connectivity index (χ0) is 30.5. The molecule has 6 rings (SSSR count). The van der Waals surface area contributed by atoms with Crippen LogP contribution in [0.15, 0.2) is 23.0 Å². The van der Waals surface area contributed by atoms with Gasteiger partial charge in [0.1, 0.15) is 11.6 Å². The number of hydrogen-bond donors (Lipinski definition) is 1. The molecule has 234 valence electrons. The molecule has 11 nitrogen and oxygen atoms in total. The molecule has 0 radical (unpaired) electrons. The Kier molecular flexibility index (Phi) is 8.14. The summed E-state index contributed by atoms with van der Waals surface area (Å²) in [4.78, 5) is 54.0. The van der Waals surface area contributed by atoms with Gasteiger partial charge in [-0.25, -0.2) is 9.59 Å². The summed E-state index contributed by atoms with van der Waals surface area (Å²) in [5.41, 5.74) is 2.09. The van der Waals surface area contributed by atoms with Crippen molar-refractivity contribution in [3.8, 4) is 0 Å². The molecular weight excluding hydrogens is 550 g/mol. The van der Waals surface area contributed by atoms with Crippen molar-refractivity contribution in [2.45, 2.75) is 108 Å². The van der Waals surface area contributed by atoms with Gasteiger partial charge in [-0.1, -0.05) is 6.07 Å². The number of amides is 3. The van der Waals surface area contributed by atoms with Crippen molar-refractivity contribution in [2.24, 2.45) is 7.05 Å². The molecule has 1 aliphatic carbocycles. The SMILES string of the molecule is Cn1c(=O)n(C2CCC(=O)NC2=O)c2ccc(C3CCN(C4CC(OC5CCN(C(=O)OC(C)(C)C)CC5)C4)CC3)cc21. The summed E-state index contributed by atoms with van der Waals surface area (Å²) in [5, 5.41) is 2.37. The highest BCUT2D eigenvalue weighted by atomic mass is 16.6. The predicted octanol–water partition coefficient (Wildman–Crippen LogP) is 3.44. The molecule has 2 aromatic rings. The summed E-state index contributed by atoms with van der Waals surface area (Å²) in [5.74, 6) is -0.267. The molecule has 4 fully saturated rings. The first kappa shape index (κ1) is 29.9. The Morgan fingerprint density at radius 1 is 0.907 bits per heavy atom. The molecule has 4 aliphatic rings.